The van der Waals surface area contributed by atoms with Crippen molar-refractivity contribution in [2.45, 2.75) is 59.7 Å². The van der Waals surface area contributed by atoms with Gasteiger partial charge in [-0.05, 0) is 123 Å². The molecule has 0 spiro atoms. The smallest absolute Gasteiger partial charge is 0.270 e. The van der Waals surface area contributed by atoms with Gasteiger partial charge in [0.25, 0.3) is 5.34 Å². The van der Waals surface area contributed by atoms with Crippen molar-refractivity contribution in [2.75, 3.05) is 0 Å². The Balaban J connectivity index is 0.000000468. The Labute approximate surface area is 276 Å². The number of rotatable bonds is 9. The van der Waals surface area contributed by atoms with Crippen LogP contribution in [0.5, 0.6) is 5.75 Å². The van der Waals surface area contributed by atoms with Crippen LogP contribution in [0.1, 0.15) is 62.8 Å². The molecule has 0 saturated heterocycles. The van der Waals surface area contributed by atoms with Crippen molar-refractivity contribution in [1.82, 2.24) is 14.8 Å². The molecule has 0 fully saturated rings. The molecule has 4 aromatic rings. The molecule has 0 amide bonds. The van der Waals surface area contributed by atoms with Gasteiger partial charge in [0.05, 0.1) is 16.4 Å². The van der Waals surface area contributed by atoms with Crippen LogP contribution in [0.3, 0.4) is 0 Å². The molecule has 236 valence electrons. The summed E-state index contributed by atoms with van der Waals surface area (Å²) in [5.41, 5.74) is 8.63. The van der Waals surface area contributed by atoms with E-state index in [1.807, 2.05) is 55.8 Å². The maximum absolute atomic E-state index is 13.6. The topological polar surface area (TPSA) is 52.3 Å². The molecule has 0 aliphatic heterocycles. The van der Waals surface area contributed by atoms with E-state index in [4.69, 9.17) is 4.74 Å². The number of ether oxygens (including phenoxy) is 1. The van der Waals surface area contributed by atoms with Crippen LogP contribution >= 0.6 is 30.2 Å². The standard InChI is InChI=1S/C26H29FN4OP2S.C10H14/c1-17(2)15-35-20(5)29-19(4)7-9-21-14-22(8-6-18(21)3)25-28-16-31(30-25)23-10-12-24(13-11-23)32-26(27,33)34;1-8(2)10-7-5-4-6-9(10)3/h6-16H,4,33-34H2,1-3,5H3;4-8H,1-3H3/b9-7-,29-20?;. The molecular formula is C36H43FN4OP2S. The molecule has 1 aromatic heterocycles. The number of alkyl halides is 1. The van der Waals surface area contributed by atoms with Gasteiger partial charge < -0.3 is 4.74 Å². The minimum Gasteiger partial charge on any atom is -0.452 e. The molecular weight excluding hydrogens is 617 g/mol. The maximum Gasteiger partial charge on any atom is 0.270 e. The summed E-state index contributed by atoms with van der Waals surface area (Å²) in [6.45, 7) is 18.8. The Bertz CT molecular complexity index is 1680. The predicted molar refractivity (Wildman–Crippen MR) is 199 cm³/mol. The first-order chi connectivity index (χ1) is 21.2. The Kier molecular flexibility index (Phi) is 13.5. The van der Waals surface area contributed by atoms with Crippen molar-refractivity contribution in [3.63, 3.8) is 0 Å². The van der Waals surface area contributed by atoms with Crippen LogP contribution < -0.4 is 4.74 Å². The fraction of sp³-hybridized carbons (Fsp3) is 0.250. The van der Waals surface area contributed by atoms with Gasteiger partial charge in [-0.25, -0.2) is 14.7 Å². The number of halogens is 1. The first-order valence-electron chi connectivity index (χ1n) is 14.6. The van der Waals surface area contributed by atoms with E-state index in [-0.39, 0.29) is 0 Å². The lowest BCUT2D eigenvalue weighted by Crippen LogP contribution is -2.12. The van der Waals surface area contributed by atoms with E-state index >= 15 is 0 Å². The number of nitrogens with zero attached hydrogens (tertiary/aromatic N) is 4. The average molecular weight is 661 g/mol. The lowest BCUT2D eigenvalue weighted by atomic mass is 9.99. The Morgan fingerprint density at radius 1 is 1.02 bits per heavy atom. The largest absolute Gasteiger partial charge is 0.452 e. The summed E-state index contributed by atoms with van der Waals surface area (Å²) in [5, 5.41) is 5.71. The van der Waals surface area contributed by atoms with Crippen molar-refractivity contribution >= 4 is 41.4 Å². The number of aryl methyl sites for hydroxylation is 2. The van der Waals surface area contributed by atoms with E-state index < -0.39 is 5.34 Å². The summed E-state index contributed by atoms with van der Waals surface area (Å²) in [5.74, 6) is 1.66. The highest BCUT2D eigenvalue weighted by Gasteiger charge is 2.17. The van der Waals surface area contributed by atoms with E-state index in [1.165, 1.54) is 16.7 Å². The van der Waals surface area contributed by atoms with E-state index in [0.29, 0.717) is 23.2 Å². The minimum absolute atomic E-state index is 0.410. The molecule has 0 saturated carbocycles. The molecule has 0 radical (unpaired) electrons. The van der Waals surface area contributed by atoms with Crippen molar-refractivity contribution in [1.29, 1.82) is 0 Å². The summed E-state index contributed by atoms with van der Waals surface area (Å²) >= 11 is 1.59. The van der Waals surface area contributed by atoms with Gasteiger partial charge >= 0.3 is 0 Å². The number of aliphatic imine (C=N–C) groups is 1. The van der Waals surface area contributed by atoms with Gasteiger partial charge in [-0.2, -0.15) is 4.39 Å². The third-order valence-corrected chi connectivity index (χ3v) is 7.69. The van der Waals surface area contributed by atoms with Crippen LogP contribution in [0.15, 0.2) is 107 Å². The molecule has 45 heavy (non-hydrogen) atoms. The summed E-state index contributed by atoms with van der Waals surface area (Å²) in [4.78, 5) is 9.00. The zero-order valence-electron chi connectivity index (χ0n) is 27.1. The molecule has 0 aliphatic rings. The molecule has 1 heterocycles. The molecule has 9 heteroatoms. The number of thioether (sulfide) groups is 1. The average Bonchev–Trinajstić information content (AvgIpc) is 3.46. The zero-order valence-corrected chi connectivity index (χ0v) is 30.2. The quantitative estimate of drug-likeness (QED) is 0.0776. The molecule has 0 bridgehead atoms. The monoisotopic (exact) mass is 660 g/mol. The Hall–Kier alpha value is -3.37. The number of hydrogen-bond acceptors (Lipinski definition) is 5. The van der Waals surface area contributed by atoms with E-state index in [1.54, 1.807) is 47.0 Å². The van der Waals surface area contributed by atoms with Gasteiger partial charge in [0.15, 0.2) is 5.82 Å². The highest BCUT2D eigenvalue weighted by Crippen LogP contribution is 2.32. The second-order valence-electron chi connectivity index (χ2n) is 11.2. The van der Waals surface area contributed by atoms with Gasteiger partial charge in [-0.15, -0.1) is 5.10 Å². The van der Waals surface area contributed by atoms with Crippen molar-refractivity contribution in [2.24, 2.45) is 4.99 Å². The van der Waals surface area contributed by atoms with Crippen molar-refractivity contribution < 1.29 is 9.13 Å². The third kappa shape index (κ3) is 12.2. The second kappa shape index (κ2) is 16.8. The van der Waals surface area contributed by atoms with Crippen LogP contribution in [0.2, 0.25) is 0 Å². The Morgan fingerprint density at radius 2 is 1.71 bits per heavy atom. The van der Waals surface area contributed by atoms with Crippen molar-refractivity contribution in [3.8, 4) is 22.8 Å². The molecule has 0 aliphatic carbocycles. The molecule has 2 atom stereocenters. The summed E-state index contributed by atoms with van der Waals surface area (Å²) < 4.78 is 20.5. The molecule has 0 N–H and O–H groups in total. The Morgan fingerprint density at radius 3 is 2.31 bits per heavy atom. The fourth-order valence-electron chi connectivity index (χ4n) is 4.22. The van der Waals surface area contributed by atoms with Gasteiger partial charge in [0.2, 0.25) is 0 Å². The van der Waals surface area contributed by atoms with E-state index in [9.17, 15) is 4.39 Å². The predicted octanol–water partition coefficient (Wildman–Crippen LogP) is 10.7. The lowest BCUT2D eigenvalue weighted by molar-refractivity contribution is 0.117. The van der Waals surface area contributed by atoms with Gasteiger partial charge in [-0.3, -0.25) is 0 Å². The number of allylic oxidation sites excluding steroid dienone is 2. The number of aromatic nitrogens is 3. The first kappa shape index (κ1) is 36.1. The SMILES string of the molecule is C=C(/C=C\c1cc(-c2ncn(-c3ccc(OC(F)(P)P)cc3)n2)ccc1C)N=C(C)SC=C(C)C.Cc1ccccc1C(C)C. The van der Waals surface area contributed by atoms with E-state index in [2.05, 4.69) is 92.9 Å². The second-order valence-corrected chi connectivity index (χ2v) is 14.5. The summed E-state index contributed by atoms with van der Waals surface area (Å²) in [7, 11) is 3.95. The minimum atomic E-state index is -1.90. The molecule has 4 rings (SSSR count). The highest BCUT2D eigenvalue weighted by molar-refractivity contribution is 8.16. The summed E-state index contributed by atoms with van der Waals surface area (Å²) in [6.07, 6.45) is 5.56. The lowest BCUT2D eigenvalue weighted by Gasteiger charge is -2.16. The van der Waals surface area contributed by atoms with E-state index in [0.717, 1.165) is 27.4 Å². The van der Waals surface area contributed by atoms with Crippen LogP contribution in [0, 0.1) is 13.8 Å². The number of benzene rings is 3. The highest BCUT2D eigenvalue weighted by atomic mass is 32.2. The molecule has 5 nitrogen and oxygen atoms in total. The van der Waals surface area contributed by atoms with Gasteiger partial charge in [0, 0.05) is 5.56 Å². The van der Waals surface area contributed by atoms with Gasteiger partial charge in [-0.1, -0.05) is 80.2 Å². The van der Waals surface area contributed by atoms with Gasteiger partial charge in [0.1, 0.15) is 12.1 Å². The van der Waals surface area contributed by atoms with Crippen LogP contribution in [0.4, 0.5) is 4.39 Å². The normalized spacial score (nSPS) is 11.8. The number of hydrogen-bond donors (Lipinski definition) is 0. The van der Waals surface area contributed by atoms with Crippen LogP contribution in [-0.2, 0) is 0 Å². The van der Waals surface area contributed by atoms with Crippen LogP contribution in [0.25, 0.3) is 23.2 Å². The zero-order chi connectivity index (χ0) is 33.1. The fourth-order valence-corrected chi connectivity index (χ4v) is 5.06. The maximum atomic E-state index is 13.6. The summed E-state index contributed by atoms with van der Waals surface area (Å²) in [6, 6.07) is 21.6. The molecule has 2 unspecified atom stereocenters. The molecule has 3 aromatic carbocycles. The first-order valence-corrected chi connectivity index (χ1v) is 16.6. The van der Waals surface area contributed by atoms with Crippen LogP contribution in [-0.4, -0.2) is 25.1 Å². The van der Waals surface area contributed by atoms with Crippen molar-refractivity contribution in [3.05, 3.63) is 125 Å². The third-order valence-electron chi connectivity index (χ3n) is 6.44.